The van der Waals surface area contributed by atoms with Gasteiger partial charge in [0.2, 0.25) is 5.91 Å². The number of hydrogen-bond acceptors (Lipinski definition) is 5. The number of carbonyl (C=O) groups excluding carboxylic acids is 1. The molecule has 6 nitrogen and oxygen atoms in total. The van der Waals surface area contributed by atoms with Gasteiger partial charge in [0.1, 0.15) is 6.17 Å². The van der Waals surface area contributed by atoms with E-state index in [0.717, 1.165) is 32.7 Å². The molecule has 2 fully saturated rings. The Morgan fingerprint density at radius 1 is 1.10 bits per heavy atom. The molecule has 0 aromatic heterocycles. The minimum atomic E-state index is 0.131. The second kappa shape index (κ2) is 7.69. The van der Waals surface area contributed by atoms with E-state index < -0.39 is 0 Å². The first kappa shape index (κ1) is 18.5. The molecule has 2 N–H and O–H groups in total. The number of amides is 1. The van der Waals surface area contributed by atoms with Gasteiger partial charge in [-0.2, -0.15) is 0 Å². The Balaban J connectivity index is 1.32. The molecule has 3 atom stereocenters. The van der Waals surface area contributed by atoms with Crippen LogP contribution in [0.15, 0.2) is 66.0 Å². The fourth-order valence-electron chi connectivity index (χ4n) is 5.09. The van der Waals surface area contributed by atoms with Crippen LogP contribution < -0.4 is 10.6 Å². The fraction of sp³-hybridized carbons (Fsp3) is 0.435. The van der Waals surface area contributed by atoms with Crippen LogP contribution in [0.25, 0.3) is 0 Å². The predicted molar refractivity (Wildman–Crippen MR) is 113 cm³/mol. The first-order valence-corrected chi connectivity index (χ1v) is 10.6. The van der Waals surface area contributed by atoms with Crippen molar-refractivity contribution in [3.8, 4) is 0 Å². The molecule has 1 aromatic rings. The lowest BCUT2D eigenvalue weighted by Gasteiger charge is -2.51. The molecule has 0 bridgehead atoms. The molecule has 29 heavy (non-hydrogen) atoms. The van der Waals surface area contributed by atoms with Crippen molar-refractivity contribution in [3.05, 3.63) is 71.6 Å². The summed E-state index contributed by atoms with van der Waals surface area (Å²) in [5.74, 6) is 0.414. The number of piperidine rings is 1. The number of nitrogens with one attached hydrogen (secondary N) is 2. The number of nitrogens with zero attached hydrogens (tertiary/aromatic N) is 3. The van der Waals surface area contributed by atoms with Crippen molar-refractivity contribution in [1.29, 1.82) is 0 Å². The van der Waals surface area contributed by atoms with Crippen LogP contribution in [0.1, 0.15) is 18.9 Å². The smallest absolute Gasteiger partial charge is 0.224 e. The van der Waals surface area contributed by atoms with Crippen LogP contribution in [0.2, 0.25) is 0 Å². The molecule has 5 rings (SSSR count). The Hall–Kier alpha value is -2.57. The summed E-state index contributed by atoms with van der Waals surface area (Å²) in [7, 11) is 0. The van der Waals surface area contributed by atoms with Crippen molar-refractivity contribution in [1.82, 2.24) is 25.6 Å². The number of dihydropyridines is 1. The standard InChI is InChI=1S/C23H29N5O/c1-17-22-19(14-21(29)25-17)16-28(23-20(22)8-5-9-24-23)27-12-10-26(11-13-27)15-18-6-3-2-4-7-18/h2-9,16-17,22-24H,10-15H2,1H3,(H,25,29). The fourth-order valence-corrected chi connectivity index (χ4v) is 5.09. The van der Waals surface area contributed by atoms with Crippen LogP contribution in [-0.2, 0) is 11.3 Å². The van der Waals surface area contributed by atoms with E-state index in [4.69, 9.17) is 0 Å². The summed E-state index contributed by atoms with van der Waals surface area (Å²) in [4.78, 5) is 14.7. The summed E-state index contributed by atoms with van der Waals surface area (Å²) >= 11 is 0. The van der Waals surface area contributed by atoms with Crippen molar-refractivity contribution in [2.75, 3.05) is 26.2 Å². The summed E-state index contributed by atoms with van der Waals surface area (Å²) in [6.07, 6.45) is 9.19. The maximum absolute atomic E-state index is 12.1. The monoisotopic (exact) mass is 391 g/mol. The third-order valence-electron chi connectivity index (χ3n) is 6.45. The van der Waals surface area contributed by atoms with E-state index in [9.17, 15) is 4.79 Å². The van der Waals surface area contributed by atoms with Gasteiger partial charge in [0.15, 0.2) is 0 Å². The Kier molecular flexibility index (Phi) is 4.89. The number of carbonyl (C=O) groups is 1. The van der Waals surface area contributed by atoms with E-state index >= 15 is 0 Å². The highest BCUT2D eigenvalue weighted by molar-refractivity contribution is 5.81. The minimum Gasteiger partial charge on any atom is -0.367 e. The van der Waals surface area contributed by atoms with Gasteiger partial charge in [-0.25, -0.2) is 5.01 Å². The van der Waals surface area contributed by atoms with Crippen LogP contribution in [-0.4, -0.2) is 59.2 Å². The van der Waals surface area contributed by atoms with Crippen LogP contribution in [0, 0.1) is 5.92 Å². The Bertz CT molecular complexity index is 853. The maximum Gasteiger partial charge on any atom is 0.224 e. The van der Waals surface area contributed by atoms with Crippen molar-refractivity contribution in [2.45, 2.75) is 32.1 Å². The molecule has 3 unspecified atom stereocenters. The Morgan fingerprint density at radius 3 is 2.69 bits per heavy atom. The van der Waals surface area contributed by atoms with E-state index in [1.807, 2.05) is 6.20 Å². The largest absolute Gasteiger partial charge is 0.367 e. The minimum absolute atomic E-state index is 0.131. The third-order valence-corrected chi connectivity index (χ3v) is 6.45. The van der Waals surface area contributed by atoms with E-state index in [2.05, 4.69) is 81.2 Å². The van der Waals surface area contributed by atoms with Gasteiger partial charge in [0.05, 0.1) is 6.42 Å². The van der Waals surface area contributed by atoms with E-state index in [-0.39, 0.29) is 24.0 Å². The Morgan fingerprint density at radius 2 is 1.90 bits per heavy atom. The van der Waals surface area contributed by atoms with Gasteiger partial charge < -0.3 is 10.6 Å². The van der Waals surface area contributed by atoms with Crippen LogP contribution >= 0.6 is 0 Å². The lowest BCUT2D eigenvalue weighted by atomic mass is 9.77. The van der Waals surface area contributed by atoms with Crippen LogP contribution in [0.3, 0.4) is 0 Å². The molecule has 0 radical (unpaired) electrons. The zero-order valence-corrected chi connectivity index (χ0v) is 16.9. The summed E-state index contributed by atoms with van der Waals surface area (Å²) in [5.41, 5.74) is 3.95. The zero-order chi connectivity index (χ0) is 19.8. The molecule has 4 heterocycles. The summed E-state index contributed by atoms with van der Waals surface area (Å²) in [6.45, 7) is 7.16. The number of fused-ring (bicyclic) bond motifs is 3. The molecule has 1 amide bonds. The molecule has 1 aromatic carbocycles. The van der Waals surface area contributed by atoms with Crippen LogP contribution in [0.4, 0.5) is 0 Å². The lowest BCUT2D eigenvalue weighted by Crippen LogP contribution is -2.62. The molecule has 0 spiro atoms. The van der Waals surface area contributed by atoms with E-state index in [1.54, 1.807) is 0 Å². The number of allylic oxidation sites excluding steroid dienone is 2. The van der Waals surface area contributed by atoms with Crippen LogP contribution in [0.5, 0.6) is 0 Å². The summed E-state index contributed by atoms with van der Waals surface area (Å²) < 4.78 is 0. The second-order valence-electron chi connectivity index (χ2n) is 8.41. The van der Waals surface area contributed by atoms with Gasteiger partial charge in [-0.1, -0.05) is 36.4 Å². The SMILES string of the molecule is CC1NC(=O)CC2=CN(N3CCN(Cc4ccccc4)CC3)C3NC=CC=C3C21. The normalized spacial score (nSPS) is 29.9. The van der Waals surface area contributed by atoms with Crippen molar-refractivity contribution < 1.29 is 4.79 Å². The molecular weight excluding hydrogens is 362 g/mol. The molecule has 2 saturated heterocycles. The van der Waals surface area contributed by atoms with Crippen molar-refractivity contribution in [3.63, 3.8) is 0 Å². The summed E-state index contributed by atoms with van der Waals surface area (Å²) in [6, 6.07) is 10.8. The lowest BCUT2D eigenvalue weighted by molar-refractivity contribution is -0.122. The quantitative estimate of drug-likeness (QED) is 0.823. The topological polar surface area (TPSA) is 50.9 Å². The number of hydrazine groups is 1. The first-order chi connectivity index (χ1) is 14.2. The second-order valence-corrected chi connectivity index (χ2v) is 8.41. The van der Waals surface area contributed by atoms with Gasteiger partial charge in [-0.05, 0) is 35.9 Å². The van der Waals surface area contributed by atoms with Crippen molar-refractivity contribution in [2.24, 2.45) is 5.92 Å². The van der Waals surface area contributed by atoms with Crippen molar-refractivity contribution >= 4 is 5.91 Å². The molecule has 6 heteroatoms. The van der Waals surface area contributed by atoms with E-state index in [0.29, 0.717) is 6.42 Å². The molecule has 4 aliphatic heterocycles. The third kappa shape index (κ3) is 3.58. The highest BCUT2D eigenvalue weighted by atomic mass is 16.1. The molecule has 0 aliphatic carbocycles. The van der Waals surface area contributed by atoms with E-state index in [1.165, 1.54) is 16.7 Å². The first-order valence-electron chi connectivity index (χ1n) is 10.6. The number of piperazine rings is 1. The zero-order valence-electron chi connectivity index (χ0n) is 16.9. The summed E-state index contributed by atoms with van der Waals surface area (Å²) in [5, 5.41) is 11.4. The van der Waals surface area contributed by atoms with Gasteiger partial charge >= 0.3 is 0 Å². The number of benzene rings is 1. The molecular formula is C23H29N5O. The average Bonchev–Trinajstić information content (AvgIpc) is 2.74. The number of rotatable bonds is 3. The molecule has 0 saturated carbocycles. The van der Waals surface area contributed by atoms with Gasteiger partial charge in [-0.15, -0.1) is 0 Å². The molecule has 4 aliphatic rings. The van der Waals surface area contributed by atoms with Gasteiger partial charge in [-0.3, -0.25) is 14.7 Å². The number of hydrogen-bond donors (Lipinski definition) is 2. The highest BCUT2D eigenvalue weighted by Crippen LogP contribution is 2.39. The highest BCUT2D eigenvalue weighted by Gasteiger charge is 2.42. The Labute approximate surface area is 172 Å². The molecule has 152 valence electrons. The maximum atomic E-state index is 12.1. The average molecular weight is 392 g/mol. The van der Waals surface area contributed by atoms with Gasteiger partial charge in [0.25, 0.3) is 0 Å². The van der Waals surface area contributed by atoms with Gasteiger partial charge in [0, 0.05) is 50.9 Å². The predicted octanol–water partition coefficient (Wildman–Crippen LogP) is 1.81.